The lowest BCUT2D eigenvalue weighted by Gasteiger charge is -2.34. The van der Waals surface area contributed by atoms with E-state index < -0.39 is 5.41 Å². The highest BCUT2D eigenvalue weighted by Crippen LogP contribution is 2.58. The second kappa shape index (κ2) is 6.84. The van der Waals surface area contributed by atoms with Gasteiger partial charge in [0.2, 0.25) is 0 Å². The Morgan fingerprint density at radius 1 is 0.833 bits per heavy atom. The first-order valence-electron chi connectivity index (χ1n) is 10.6. The third-order valence-electron chi connectivity index (χ3n) is 6.63. The lowest BCUT2D eigenvalue weighted by molar-refractivity contribution is 0.718. The third kappa shape index (κ3) is 2.22. The molecule has 1 unspecified atom stereocenters. The Morgan fingerprint density at radius 2 is 1.60 bits per heavy atom. The van der Waals surface area contributed by atoms with E-state index in [1.807, 2.05) is 13.1 Å². The topological polar surface area (TPSA) is 28.1 Å². The first-order chi connectivity index (χ1) is 14.7. The molecule has 0 saturated carbocycles. The number of allylic oxidation sites excluding steroid dienone is 3. The van der Waals surface area contributed by atoms with Crippen molar-refractivity contribution in [2.75, 3.05) is 0 Å². The van der Waals surface area contributed by atoms with Crippen LogP contribution in [0.5, 0.6) is 0 Å². The van der Waals surface area contributed by atoms with Gasteiger partial charge in [-0.2, -0.15) is 0 Å². The number of aromatic amines is 1. The molecule has 4 aromatic rings. The highest BCUT2D eigenvalue weighted by Gasteiger charge is 2.48. The summed E-state index contributed by atoms with van der Waals surface area (Å²) in [6, 6.07) is 21.9. The van der Waals surface area contributed by atoms with E-state index in [9.17, 15) is 0 Å². The van der Waals surface area contributed by atoms with E-state index in [4.69, 9.17) is 4.99 Å². The van der Waals surface area contributed by atoms with Gasteiger partial charge < -0.3 is 4.98 Å². The lowest BCUT2D eigenvalue weighted by atomic mass is 9.69. The summed E-state index contributed by atoms with van der Waals surface area (Å²) in [5.41, 5.74) is 9.52. The molecule has 1 aliphatic rings. The SMILES string of the molecule is C/C=N\C(=C/C)C1(/C(C)=C/C)c2ccccc2-c2ccc3c([nH]c4ccccc43)c21. The molecule has 1 aromatic heterocycles. The molecule has 0 spiro atoms. The average Bonchev–Trinajstić information content (AvgIpc) is 3.31. The Kier molecular flexibility index (Phi) is 4.25. The zero-order valence-corrected chi connectivity index (χ0v) is 18.0. The zero-order chi connectivity index (χ0) is 20.9. The number of para-hydroxylation sites is 1. The van der Waals surface area contributed by atoms with E-state index in [0.717, 1.165) is 5.70 Å². The molecule has 1 atom stereocenters. The summed E-state index contributed by atoms with van der Waals surface area (Å²) < 4.78 is 0. The smallest absolute Gasteiger partial charge is 0.0859 e. The van der Waals surface area contributed by atoms with Gasteiger partial charge in [-0.1, -0.05) is 72.3 Å². The predicted octanol–water partition coefficient (Wildman–Crippen LogP) is 7.55. The molecule has 2 nitrogen and oxygen atoms in total. The van der Waals surface area contributed by atoms with Crippen LogP contribution in [0.4, 0.5) is 0 Å². The van der Waals surface area contributed by atoms with Crippen molar-refractivity contribution in [1.29, 1.82) is 0 Å². The van der Waals surface area contributed by atoms with Crippen LogP contribution < -0.4 is 0 Å². The summed E-state index contributed by atoms with van der Waals surface area (Å²) in [4.78, 5) is 8.67. The van der Waals surface area contributed by atoms with Gasteiger partial charge in [-0.15, -0.1) is 0 Å². The van der Waals surface area contributed by atoms with Gasteiger partial charge in [-0.3, -0.25) is 4.99 Å². The maximum atomic E-state index is 4.91. The Bertz CT molecular complexity index is 1380. The minimum atomic E-state index is -0.414. The molecule has 1 heterocycles. The minimum absolute atomic E-state index is 0.414. The number of aromatic nitrogens is 1. The van der Waals surface area contributed by atoms with Gasteiger partial charge in [0.25, 0.3) is 0 Å². The summed E-state index contributed by atoms with van der Waals surface area (Å²) >= 11 is 0. The monoisotopic (exact) mass is 390 g/mol. The van der Waals surface area contributed by atoms with Gasteiger partial charge in [0, 0.05) is 28.1 Å². The largest absolute Gasteiger partial charge is 0.354 e. The number of benzene rings is 3. The quantitative estimate of drug-likeness (QED) is 0.276. The molecule has 0 saturated heterocycles. The van der Waals surface area contributed by atoms with Gasteiger partial charge in [-0.25, -0.2) is 0 Å². The highest BCUT2D eigenvalue weighted by atomic mass is 14.8. The van der Waals surface area contributed by atoms with Crippen molar-refractivity contribution in [2.24, 2.45) is 4.99 Å². The number of nitrogens with one attached hydrogen (secondary N) is 1. The van der Waals surface area contributed by atoms with Crippen LogP contribution in [-0.2, 0) is 5.41 Å². The van der Waals surface area contributed by atoms with E-state index in [0.29, 0.717) is 0 Å². The molecule has 0 amide bonds. The van der Waals surface area contributed by atoms with Gasteiger partial charge in [-0.05, 0) is 50.5 Å². The van der Waals surface area contributed by atoms with Crippen molar-refractivity contribution in [3.63, 3.8) is 0 Å². The molecule has 30 heavy (non-hydrogen) atoms. The van der Waals surface area contributed by atoms with E-state index >= 15 is 0 Å². The molecule has 0 fully saturated rings. The molecule has 5 rings (SSSR count). The predicted molar refractivity (Wildman–Crippen MR) is 129 cm³/mol. The van der Waals surface area contributed by atoms with Crippen LogP contribution in [0.2, 0.25) is 0 Å². The van der Waals surface area contributed by atoms with Gasteiger partial charge in [0.15, 0.2) is 0 Å². The normalized spacial score (nSPS) is 19.1. The number of rotatable bonds is 3. The van der Waals surface area contributed by atoms with Gasteiger partial charge in [0.05, 0.1) is 16.6 Å². The second-order valence-corrected chi connectivity index (χ2v) is 7.91. The fourth-order valence-corrected chi connectivity index (χ4v) is 5.33. The van der Waals surface area contributed by atoms with Gasteiger partial charge >= 0.3 is 0 Å². The third-order valence-corrected chi connectivity index (χ3v) is 6.63. The van der Waals surface area contributed by atoms with Crippen LogP contribution in [0.25, 0.3) is 32.9 Å². The Morgan fingerprint density at radius 3 is 2.37 bits per heavy atom. The van der Waals surface area contributed by atoms with Crippen LogP contribution in [0.15, 0.2) is 89.1 Å². The van der Waals surface area contributed by atoms with E-state index in [2.05, 4.69) is 98.6 Å². The van der Waals surface area contributed by atoms with Crippen molar-refractivity contribution in [1.82, 2.24) is 4.98 Å². The van der Waals surface area contributed by atoms with E-state index in [-0.39, 0.29) is 0 Å². The van der Waals surface area contributed by atoms with Crippen LogP contribution in [-0.4, -0.2) is 11.2 Å². The number of hydrogen-bond donors (Lipinski definition) is 1. The Balaban J connectivity index is 2.05. The van der Waals surface area contributed by atoms with Crippen molar-refractivity contribution >= 4 is 28.0 Å². The van der Waals surface area contributed by atoms with Crippen molar-refractivity contribution in [3.8, 4) is 11.1 Å². The number of nitrogens with zero attached hydrogens (tertiary/aromatic N) is 1. The summed E-state index contributed by atoms with van der Waals surface area (Å²) in [5.74, 6) is 0. The number of hydrogen-bond acceptors (Lipinski definition) is 1. The van der Waals surface area contributed by atoms with Crippen LogP contribution in [0.1, 0.15) is 38.8 Å². The summed E-state index contributed by atoms with van der Waals surface area (Å²) in [7, 11) is 0. The molecule has 3 aromatic carbocycles. The molecule has 0 bridgehead atoms. The molecule has 1 N–H and O–H groups in total. The van der Waals surface area contributed by atoms with E-state index in [1.165, 1.54) is 49.6 Å². The maximum Gasteiger partial charge on any atom is 0.0859 e. The van der Waals surface area contributed by atoms with Crippen molar-refractivity contribution in [2.45, 2.75) is 33.1 Å². The van der Waals surface area contributed by atoms with E-state index in [1.54, 1.807) is 0 Å². The fourth-order valence-electron chi connectivity index (χ4n) is 5.33. The summed E-state index contributed by atoms with van der Waals surface area (Å²) in [6.45, 7) is 8.46. The second-order valence-electron chi connectivity index (χ2n) is 7.91. The molecule has 1 aliphatic carbocycles. The fraction of sp³-hybridized carbons (Fsp3) is 0.179. The zero-order valence-electron chi connectivity index (χ0n) is 18.0. The van der Waals surface area contributed by atoms with Crippen molar-refractivity contribution < 1.29 is 0 Å². The van der Waals surface area contributed by atoms with Crippen LogP contribution in [0, 0.1) is 0 Å². The number of fused-ring (bicyclic) bond motifs is 7. The Hall–Kier alpha value is -3.39. The first kappa shape index (κ1) is 18.6. The molecule has 0 aliphatic heterocycles. The Labute approximate surface area is 177 Å². The van der Waals surface area contributed by atoms with Crippen molar-refractivity contribution in [3.05, 3.63) is 95.2 Å². The summed E-state index contributed by atoms with van der Waals surface area (Å²) in [6.07, 6.45) is 6.31. The molecular formula is C28H26N2. The van der Waals surface area contributed by atoms with Crippen LogP contribution in [0.3, 0.4) is 0 Å². The maximum absolute atomic E-state index is 4.91. The number of H-pyrrole nitrogens is 1. The lowest BCUT2D eigenvalue weighted by Crippen LogP contribution is -2.29. The van der Waals surface area contributed by atoms with Gasteiger partial charge in [0.1, 0.15) is 0 Å². The molecular weight excluding hydrogens is 364 g/mol. The number of aliphatic imine (C=N–C) groups is 1. The molecule has 148 valence electrons. The minimum Gasteiger partial charge on any atom is -0.354 e. The average molecular weight is 391 g/mol. The molecule has 0 radical (unpaired) electrons. The standard InChI is InChI=1S/C28H26N2/c1-5-18(4)28(25(6-2)29-7-3)23-14-10-8-12-19(23)21-16-17-22-20-13-9-11-15-24(20)30-27(22)26(21)28/h5-17,30H,1-4H3/b18-5+,25-6-,29-7-. The first-order valence-corrected chi connectivity index (χ1v) is 10.6. The van der Waals surface area contributed by atoms with Crippen LogP contribution >= 0.6 is 0 Å². The summed E-state index contributed by atoms with van der Waals surface area (Å²) in [5, 5.41) is 2.53. The highest BCUT2D eigenvalue weighted by molar-refractivity contribution is 6.12. The molecule has 2 heteroatoms.